The fourth-order valence-electron chi connectivity index (χ4n) is 4.02. The molecule has 31 heavy (non-hydrogen) atoms. The predicted octanol–water partition coefficient (Wildman–Crippen LogP) is 6.56. The lowest BCUT2D eigenvalue weighted by molar-refractivity contribution is 0.175. The van der Waals surface area contributed by atoms with E-state index in [0.717, 1.165) is 16.8 Å². The summed E-state index contributed by atoms with van der Waals surface area (Å²) >= 11 is 0. The molecule has 0 atom stereocenters. The van der Waals surface area contributed by atoms with Crippen molar-refractivity contribution in [3.05, 3.63) is 60.7 Å². The van der Waals surface area contributed by atoms with Gasteiger partial charge < -0.3 is 8.85 Å². The fraction of sp³-hybridized carbons (Fsp3) is 0.556. The van der Waals surface area contributed by atoms with Crippen LogP contribution in [0.5, 0.6) is 0 Å². The van der Waals surface area contributed by atoms with Gasteiger partial charge in [0.1, 0.15) is 6.67 Å². The molecule has 0 amide bonds. The van der Waals surface area contributed by atoms with Crippen molar-refractivity contribution >= 4 is 18.9 Å². The van der Waals surface area contributed by atoms with E-state index in [-0.39, 0.29) is 6.61 Å². The SMILES string of the molecule is CCCCCCCCCCCCCO[Si](OCCF)(c1ccccc1)c1ccccc1. The summed E-state index contributed by atoms with van der Waals surface area (Å²) in [6.07, 6.45) is 14.4. The molecule has 0 saturated carbocycles. The Labute approximate surface area is 190 Å². The van der Waals surface area contributed by atoms with Crippen LogP contribution < -0.4 is 10.4 Å². The first-order chi connectivity index (χ1) is 15.3. The number of hydrogen-bond donors (Lipinski definition) is 0. The molecule has 0 heterocycles. The smallest absolute Gasteiger partial charge is 0.388 e. The molecule has 0 bridgehead atoms. The van der Waals surface area contributed by atoms with E-state index in [1.807, 2.05) is 36.4 Å². The molecule has 0 unspecified atom stereocenters. The van der Waals surface area contributed by atoms with Crippen LogP contribution in [0.4, 0.5) is 4.39 Å². The van der Waals surface area contributed by atoms with Gasteiger partial charge in [0.05, 0.1) is 6.61 Å². The van der Waals surface area contributed by atoms with E-state index in [4.69, 9.17) is 8.85 Å². The minimum atomic E-state index is -2.91. The minimum Gasteiger partial charge on any atom is -0.388 e. The van der Waals surface area contributed by atoms with Gasteiger partial charge in [-0.1, -0.05) is 132 Å². The monoisotopic (exact) mass is 444 g/mol. The van der Waals surface area contributed by atoms with Crippen molar-refractivity contribution in [3.63, 3.8) is 0 Å². The summed E-state index contributed by atoms with van der Waals surface area (Å²) in [5.41, 5.74) is 0. The molecule has 2 rings (SSSR count). The maximum atomic E-state index is 13.1. The normalized spacial score (nSPS) is 11.7. The van der Waals surface area contributed by atoms with Gasteiger partial charge in [-0.25, -0.2) is 4.39 Å². The lowest BCUT2D eigenvalue weighted by atomic mass is 10.1. The molecule has 0 aliphatic carbocycles. The molecule has 2 aromatic rings. The third-order valence-corrected chi connectivity index (χ3v) is 9.15. The molecule has 0 spiro atoms. The van der Waals surface area contributed by atoms with E-state index in [0.29, 0.717) is 6.61 Å². The molecule has 0 saturated heterocycles. The van der Waals surface area contributed by atoms with Crippen LogP contribution in [0.2, 0.25) is 0 Å². The molecule has 2 nitrogen and oxygen atoms in total. The molecule has 0 N–H and O–H groups in total. The molecule has 0 radical (unpaired) electrons. The van der Waals surface area contributed by atoms with Gasteiger partial charge in [-0.2, -0.15) is 0 Å². The highest BCUT2D eigenvalue weighted by Gasteiger charge is 2.42. The zero-order chi connectivity index (χ0) is 22.0. The second kappa shape index (κ2) is 16.2. The first-order valence-electron chi connectivity index (χ1n) is 12.3. The minimum absolute atomic E-state index is 0.0638. The first kappa shape index (κ1) is 25.8. The van der Waals surface area contributed by atoms with Crippen LogP contribution in [0, 0.1) is 0 Å². The summed E-state index contributed by atoms with van der Waals surface area (Å²) in [7, 11) is -2.91. The zero-order valence-corrected chi connectivity index (χ0v) is 20.4. The molecule has 0 fully saturated rings. The largest absolute Gasteiger partial charge is 0.407 e. The van der Waals surface area contributed by atoms with Crippen molar-refractivity contribution in [1.29, 1.82) is 0 Å². The van der Waals surface area contributed by atoms with Crippen molar-refractivity contribution in [2.75, 3.05) is 19.9 Å². The summed E-state index contributed by atoms with van der Waals surface area (Å²) < 4.78 is 25.8. The number of rotatable bonds is 18. The van der Waals surface area contributed by atoms with Crippen LogP contribution >= 0.6 is 0 Å². The Morgan fingerprint density at radius 3 is 1.45 bits per heavy atom. The molecular formula is C27H41FO2Si. The highest BCUT2D eigenvalue weighted by Crippen LogP contribution is 2.14. The Morgan fingerprint density at radius 2 is 1.00 bits per heavy atom. The lowest BCUT2D eigenvalue weighted by Gasteiger charge is -2.31. The Hall–Kier alpha value is -1.49. The van der Waals surface area contributed by atoms with Gasteiger partial charge in [-0.3, -0.25) is 0 Å². The van der Waals surface area contributed by atoms with Gasteiger partial charge >= 0.3 is 8.56 Å². The van der Waals surface area contributed by atoms with E-state index in [9.17, 15) is 4.39 Å². The Morgan fingerprint density at radius 1 is 0.581 bits per heavy atom. The topological polar surface area (TPSA) is 18.5 Å². The van der Waals surface area contributed by atoms with E-state index >= 15 is 0 Å². The van der Waals surface area contributed by atoms with Crippen LogP contribution in [0.1, 0.15) is 77.6 Å². The molecular weight excluding hydrogens is 403 g/mol. The van der Waals surface area contributed by atoms with Crippen LogP contribution in [-0.2, 0) is 8.85 Å². The summed E-state index contributed by atoms with van der Waals surface area (Å²) in [5, 5.41) is 2.08. The fourth-order valence-corrected chi connectivity index (χ4v) is 7.16. The maximum absolute atomic E-state index is 13.1. The number of benzene rings is 2. The van der Waals surface area contributed by atoms with Crippen molar-refractivity contribution in [2.45, 2.75) is 77.6 Å². The van der Waals surface area contributed by atoms with Crippen molar-refractivity contribution < 1.29 is 13.2 Å². The Bertz CT molecular complexity index is 626. The average molecular weight is 445 g/mol. The van der Waals surface area contributed by atoms with Gasteiger partial charge in [-0.05, 0) is 16.8 Å². The summed E-state index contributed by atoms with van der Waals surface area (Å²) in [6, 6.07) is 20.2. The Kier molecular flexibility index (Phi) is 13.5. The van der Waals surface area contributed by atoms with Gasteiger partial charge in [0.15, 0.2) is 0 Å². The van der Waals surface area contributed by atoms with E-state index in [1.165, 1.54) is 64.2 Å². The predicted molar refractivity (Wildman–Crippen MR) is 132 cm³/mol. The number of halogens is 1. The van der Waals surface area contributed by atoms with Crippen LogP contribution in [0.3, 0.4) is 0 Å². The summed E-state index contributed by atoms with van der Waals surface area (Å²) in [5.74, 6) is 0. The molecule has 0 aromatic heterocycles. The summed E-state index contributed by atoms with van der Waals surface area (Å²) in [6.45, 7) is 2.48. The molecule has 0 aliphatic heterocycles. The average Bonchev–Trinajstić information content (AvgIpc) is 2.83. The Balaban J connectivity index is 1.83. The molecule has 172 valence electrons. The van der Waals surface area contributed by atoms with Crippen LogP contribution in [0.15, 0.2) is 60.7 Å². The van der Waals surface area contributed by atoms with Crippen molar-refractivity contribution in [3.8, 4) is 0 Å². The molecule has 2 aromatic carbocycles. The van der Waals surface area contributed by atoms with Crippen LogP contribution in [0.25, 0.3) is 0 Å². The van der Waals surface area contributed by atoms with Gasteiger partial charge in [0, 0.05) is 6.61 Å². The molecule has 4 heteroatoms. The maximum Gasteiger partial charge on any atom is 0.407 e. The highest BCUT2D eigenvalue weighted by atomic mass is 28.4. The van der Waals surface area contributed by atoms with Gasteiger partial charge in [0.2, 0.25) is 0 Å². The quantitative estimate of drug-likeness (QED) is 0.191. The van der Waals surface area contributed by atoms with E-state index in [2.05, 4.69) is 31.2 Å². The van der Waals surface area contributed by atoms with Crippen LogP contribution in [-0.4, -0.2) is 28.4 Å². The van der Waals surface area contributed by atoms with E-state index in [1.54, 1.807) is 0 Å². The lowest BCUT2D eigenvalue weighted by Crippen LogP contribution is -2.63. The first-order valence-corrected chi connectivity index (χ1v) is 14.1. The highest BCUT2D eigenvalue weighted by molar-refractivity contribution is 6.92. The third-order valence-electron chi connectivity index (χ3n) is 5.74. The number of alkyl halides is 1. The number of hydrogen-bond acceptors (Lipinski definition) is 2. The van der Waals surface area contributed by atoms with Gasteiger partial charge in [-0.15, -0.1) is 0 Å². The van der Waals surface area contributed by atoms with Crippen molar-refractivity contribution in [1.82, 2.24) is 0 Å². The third kappa shape index (κ3) is 9.26. The van der Waals surface area contributed by atoms with Gasteiger partial charge in [0.25, 0.3) is 0 Å². The van der Waals surface area contributed by atoms with Crippen molar-refractivity contribution in [2.24, 2.45) is 0 Å². The molecule has 0 aliphatic rings. The number of unbranched alkanes of at least 4 members (excludes halogenated alkanes) is 10. The standard InChI is InChI=1S/C27H41FO2Si/c1-2-3-4-5-6-7-8-9-10-11-18-24-29-31(30-25-23-28,26-19-14-12-15-20-26)27-21-16-13-17-22-27/h12-17,19-22H,2-11,18,23-25H2,1H3. The summed E-state index contributed by atoms with van der Waals surface area (Å²) in [4.78, 5) is 0. The second-order valence-corrected chi connectivity index (χ2v) is 11.2. The zero-order valence-electron chi connectivity index (χ0n) is 19.4. The van der Waals surface area contributed by atoms with E-state index < -0.39 is 15.2 Å². The second-order valence-electron chi connectivity index (χ2n) is 8.27.